The molecule has 0 saturated heterocycles. The molecule has 1 rings (SSSR count). The van der Waals surface area contributed by atoms with Gasteiger partial charge < -0.3 is 10.1 Å². The van der Waals surface area contributed by atoms with Crippen LogP contribution in [-0.4, -0.2) is 24.7 Å². The number of nitrogens with one attached hydrogen (secondary N) is 1. The van der Waals surface area contributed by atoms with Gasteiger partial charge >= 0.3 is 12.1 Å². The number of amides is 1. The number of halogens is 4. The van der Waals surface area contributed by atoms with Gasteiger partial charge in [-0.25, -0.2) is 4.79 Å². The lowest BCUT2D eigenvalue weighted by atomic mass is 9.91. The van der Waals surface area contributed by atoms with E-state index in [2.05, 4.69) is 5.32 Å². The van der Waals surface area contributed by atoms with Crippen molar-refractivity contribution in [2.75, 3.05) is 6.61 Å². The molecule has 0 aliphatic rings. The van der Waals surface area contributed by atoms with Crippen molar-refractivity contribution in [3.63, 3.8) is 0 Å². The number of carbonyl (C=O) groups excluding carboxylic acids is 2. The van der Waals surface area contributed by atoms with E-state index in [0.29, 0.717) is 5.56 Å². The minimum absolute atomic E-state index is 0.0929. The molecule has 128 valence electrons. The van der Waals surface area contributed by atoms with Gasteiger partial charge in [-0.2, -0.15) is 13.2 Å². The minimum atomic E-state index is -4.66. The highest BCUT2D eigenvalue weighted by Crippen LogP contribution is 2.37. The van der Waals surface area contributed by atoms with Gasteiger partial charge in [0.25, 0.3) is 0 Å². The summed E-state index contributed by atoms with van der Waals surface area (Å²) < 4.78 is 43.2. The maximum Gasteiger partial charge on any atom is 0.402 e. The summed E-state index contributed by atoms with van der Waals surface area (Å²) in [6.45, 7) is 3.23. The van der Waals surface area contributed by atoms with E-state index in [4.69, 9.17) is 16.3 Å². The molecule has 0 bridgehead atoms. The fraction of sp³-hybridized carbons (Fsp3) is 0.467. The molecular formula is C15H17ClF3NO3. The van der Waals surface area contributed by atoms with Gasteiger partial charge in [0.1, 0.15) is 5.41 Å². The summed E-state index contributed by atoms with van der Waals surface area (Å²) in [4.78, 5) is 23.4. The van der Waals surface area contributed by atoms with Crippen LogP contribution in [0.1, 0.15) is 36.7 Å². The summed E-state index contributed by atoms with van der Waals surface area (Å²) in [5, 5.41) is 2.37. The van der Waals surface area contributed by atoms with E-state index in [1.165, 1.54) is 18.2 Å². The van der Waals surface area contributed by atoms with E-state index in [-0.39, 0.29) is 23.7 Å². The molecule has 4 nitrogen and oxygen atoms in total. The number of ether oxygens (including phenoxy) is 1. The van der Waals surface area contributed by atoms with E-state index < -0.39 is 23.5 Å². The number of benzene rings is 1. The van der Waals surface area contributed by atoms with E-state index in [0.717, 1.165) is 13.8 Å². The molecule has 23 heavy (non-hydrogen) atoms. The lowest BCUT2D eigenvalue weighted by molar-refractivity contribution is -0.211. The average molecular weight is 352 g/mol. The van der Waals surface area contributed by atoms with Crippen LogP contribution in [0, 0.1) is 5.41 Å². The largest absolute Gasteiger partial charge is 0.462 e. The van der Waals surface area contributed by atoms with Crippen LogP contribution in [0.3, 0.4) is 0 Å². The normalized spacial score (nSPS) is 12.0. The number of alkyl halides is 3. The first-order valence-corrected chi connectivity index (χ1v) is 7.19. The maximum atomic E-state index is 12.8. The van der Waals surface area contributed by atoms with Gasteiger partial charge in [0.05, 0.1) is 17.2 Å². The Morgan fingerprint density at radius 2 is 1.87 bits per heavy atom. The van der Waals surface area contributed by atoms with Crippen LogP contribution >= 0.6 is 11.6 Å². The second-order valence-corrected chi connectivity index (χ2v) is 5.75. The Bertz CT molecular complexity index is 600. The maximum absolute atomic E-state index is 12.8. The molecule has 0 heterocycles. The first kappa shape index (κ1) is 19.3. The molecule has 1 amide bonds. The molecule has 0 aromatic heterocycles. The summed E-state index contributed by atoms with van der Waals surface area (Å²) in [6, 6.07) is 4.30. The van der Waals surface area contributed by atoms with Gasteiger partial charge in [0.2, 0.25) is 5.91 Å². The van der Waals surface area contributed by atoms with Crippen LogP contribution in [0.2, 0.25) is 5.02 Å². The topological polar surface area (TPSA) is 55.4 Å². The zero-order chi connectivity index (χ0) is 17.8. The third kappa shape index (κ3) is 4.60. The summed E-state index contributed by atoms with van der Waals surface area (Å²) in [5.41, 5.74) is -1.98. The van der Waals surface area contributed by atoms with Crippen LogP contribution in [-0.2, 0) is 16.1 Å². The van der Waals surface area contributed by atoms with Crippen molar-refractivity contribution in [2.24, 2.45) is 5.41 Å². The molecular weight excluding hydrogens is 335 g/mol. The van der Waals surface area contributed by atoms with Crippen LogP contribution in [0.4, 0.5) is 13.2 Å². The molecule has 0 aliphatic carbocycles. The summed E-state index contributed by atoms with van der Waals surface area (Å²) >= 11 is 5.89. The van der Waals surface area contributed by atoms with Gasteiger partial charge in [-0.05, 0) is 38.5 Å². The molecule has 0 saturated carbocycles. The minimum Gasteiger partial charge on any atom is -0.462 e. The van der Waals surface area contributed by atoms with Crippen molar-refractivity contribution in [2.45, 2.75) is 33.5 Å². The summed E-state index contributed by atoms with van der Waals surface area (Å²) in [5.74, 6) is -1.79. The quantitative estimate of drug-likeness (QED) is 0.822. The van der Waals surface area contributed by atoms with Crippen LogP contribution in [0.25, 0.3) is 0 Å². The lowest BCUT2D eigenvalue weighted by Gasteiger charge is -2.26. The Kier molecular flexibility index (Phi) is 6.04. The van der Waals surface area contributed by atoms with Crippen molar-refractivity contribution < 1.29 is 27.5 Å². The molecule has 0 fully saturated rings. The standard InChI is InChI=1S/C15H17ClF3NO3/c1-4-23-12(21)10-7-9(5-6-11(10)16)8-20-13(22)14(2,3)15(17,18)19/h5-7H,4,8H2,1-3H3,(H,20,22). The predicted molar refractivity (Wildman–Crippen MR) is 79.1 cm³/mol. The van der Waals surface area contributed by atoms with Gasteiger partial charge in [-0.15, -0.1) is 0 Å². The van der Waals surface area contributed by atoms with Crippen LogP contribution < -0.4 is 5.32 Å². The van der Waals surface area contributed by atoms with Crippen molar-refractivity contribution >= 4 is 23.5 Å². The van der Waals surface area contributed by atoms with Crippen molar-refractivity contribution in [1.29, 1.82) is 0 Å². The third-order valence-electron chi connectivity index (χ3n) is 3.26. The van der Waals surface area contributed by atoms with E-state index in [1.807, 2.05) is 0 Å². The molecule has 1 N–H and O–H groups in total. The summed E-state index contributed by atoms with van der Waals surface area (Å²) in [6.07, 6.45) is -4.66. The summed E-state index contributed by atoms with van der Waals surface area (Å²) in [7, 11) is 0. The monoisotopic (exact) mass is 351 g/mol. The number of esters is 1. The molecule has 0 unspecified atom stereocenters. The molecule has 0 atom stereocenters. The SMILES string of the molecule is CCOC(=O)c1cc(CNC(=O)C(C)(C)C(F)(F)F)ccc1Cl. The Balaban J connectivity index is 2.85. The molecule has 0 spiro atoms. The second-order valence-electron chi connectivity index (χ2n) is 5.34. The highest BCUT2D eigenvalue weighted by Gasteiger charge is 2.52. The third-order valence-corrected chi connectivity index (χ3v) is 3.59. The first-order chi connectivity index (χ1) is 10.5. The zero-order valence-corrected chi connectivity index (χ0v) is 13.6. The smallest absolute Gasteiger partial charge is 0.402 e. The lowest BCUT2D eigenvalue weighted by Crippen LogP contribution is -2.46. The molecule has 1 aromatic carbocycles. The first-order valence-electron chi connectivity index (χ1n) is 6.81. The average Bonchev–Trinajstić information content (AvgIpc) is 2.44. The van der Waals surface area contributed by atoms with Crippen LogP contribution in [0.15, 0.2) is 18.2 Å². The Labute approximate surface area is 137 Å². The molecule has 8 heteroatoms. The predicted octanol–water partition coefficient (Wildman–Crippen LogP) is 3.72. The fourth-order valence-electron chi connectivity index (χ4n) is 1.58. The van der Waals surface area contributed by atoms with E-state index in [1.54, 1.807) is 6.92 Å². The number of rotatable bonds is 5. The molecule has 0 radical (unpaired) electrons. The number of hydrogen-bond acceptors (Lipinski definition) is 3. The van der Waals surface area contributed by atoms with E-state index >= 15 is 0 Å². The Morgan fingerprint density at radius 1 is 1.26 bits per heavy atom. The Hall–Kier alpha value is -1.76. The molecule has 0 aliphatic heterocycles. The number of carbonyl (C=O) groups is 2. The van der Waals surface area contributed by atoms with Gasteiger partial charge in [0.15, 0.2) is 0 Å². The van der Waals surface area contributed by atoms with Gasteiger partial charge in [-0.1, -0.05) is 17.7 Å². The highest BCUT2D eigenvalue weighted by molar-refractivity contribution is 6.33. The highest BCUT2D eigenvalue weighted by atomic mass is 35.5. The second kappa shape index (κ2) is 7.21. The number of hydrogen-bond donors (Lipinski definition) is 1. The molecule has 1 aromatic rings. The van der Waals surface area contributed by atoms with Crippen molar-refractivity contribution in [3.8, 4) is 0 Å². The van der Waals surface area contributed by atoms with E-state index in [9.17, 15) is 22.8 Å². The fourth-order valence-corrected chi connectivity index (χ4v) is 1.77. The zero-order valence-electron chi connectivity index (χ0n) is 12.9. The van der Waals surface area contributed by atoms with Crippen molar-refractivity contribution in [3.05, 3.63) is 34.3 Å². The van der Waals surface area contributed by atoms with Gasteiger partial charge in [-0.3, -0.25) is 4.79 Å². The van der Waals surface area contributed by atoms with Gasteiger partial charge in [0, 0.05) is 6.54 Å². The Morgan fingerprint density at radius 3 is 2.39 bits per heavy atom. The van der Waals surface area contributed by atoms with Crippen LogP contribution in [0.5, 0.6) is 0 Å². The van der Waals surface area contributed by atoms with Crippen molar-refractivity contribution in [1.82, 2.24) is 5.32 Å².